The Hall–Kier alpha value is -4.06. The molecule has 0 saturated heterocycles. The molecule has 6 nitrogen and oxygen atoms in total. The van der Waals surface area contributed by atoms with Crippen LogP contribution in [0.15, 0.2) is 85.1 Å². The zero-order chi connectivity index (χ0) is 23.0. The Bertz CT molecular complexity index is 1230. The third-order valence-corrected chi connectivity index (χ3v) is 5.61. The number of benzene rings is 3. The van der Waals surface area contributed by atoms with Crippen molar-refractivity contribution in [2.24, 2.45) is 0 Å². The van der Waals surface area contributed by atoms with Crippen molar-refractivity contribution in [2.45, 2.75) is 25.7 Å². The number of unbranched alkanes of at least 4 members (excludes halogenated alkanes) is 2. The number of nitrogens with zero attached hydrogens (tertiary/aromatic N) is 1. The highest BCUT2D eigenvalue weighted by Gasteiger charge is 2.19. The summed E-state index contributed by atoms with van der Waals surface area (Å²) in [6, 6.07) is 24.6. The first kappa shape index (κ1) is 22.1. The number of para-hydroxylation sites is 3. The number of nitrogen functional groups attached to an aromatic ring is 1. The molecule has 168 valence electrons. The quantitative estimate of drug-likeness (QED) is 0.240. The molecule has 0 aliphatic carbocycles. The van der Waals surface area contributed by atoms with Gasteiger partial charge in [-0.15, -0.1) is 0 Å². The van der Waals surface area contributed by atoms with Gasteiger partial charge < -0.3 is 16.0 Å². The molecular weight excluding hydrogens is 412 g/mol. The highest BCUT2D eigenvalue weighted by atomic mass is 16.2. The molecule has 0 radical (unpaired) electrons. The fourth-order valence-electron chi connectivity index (χ4n) is 3.87. The molecular formula is C27H28N4O2. The van der Waals surface area contributed by atoms with Crippen LogP contribution in [0.4, 0.5) is 17.1 Å². The number of rotatable bonds is 9. The van der Waals surface area contributed by atoms with E-state index in [0.717, 1.165) is 35.9 Å². The number of hydrogen-bond acceptors (Lipinski definition) is 3. The number of carbonyl (C=O) groups is 2. The molecule has 33 heavy (non-hydrogen) atoms. The minimum Gasteiger partial charge on any atom is -0.397 e. The Kier molecular flexibility index (Phi) is 7.05. The van der Waals surface area contributed by atoms with Crippen molar-refractivity contribution in [3.63, 3.8) is 0 Å². The third-order valence-electron chi connectivity index (χ3n) is 5.61. The van der Waals surface area contributed by atoms with Gasteiger partial charge in [-0.3, -0.25) is 14.5 Å². The predicted octanol–water partition coefficient (Wildman–Crippen LogP) is 5.41. The summed E-state index contributed by atoms with van der Waals surface area (Å²) in [5.41, 5.74) is 9.80. The van der Waals surface area contributed by atoms with Gasteiger partial charge in [0.15, 0.2) is 0 Å². The number of amides is 2. The number of nitrogens with one attached hydrogen (secondary N) is 2. The van der Waals surface area contributed by atoms with E-state index in [0.29, 0.717) is 29.9 Å². The maximum atomic E-state index is 13.1. The van der Waals surface area contributed by atoms with Gasteiger partial charge >= 0.3 is 0 Å². The first-order valence-corrected chi connectivity index (χ1v) is 11.2. The molecule has 0 atom stereocenters. The number of aromatic nitrogens is 1. The molecule has 6 heteroatoms. The summed E-state index contributed by atoms with van der Waals surface area (Å²) >= 11 is 0. The minimum absolute atomic E-state index is 0.00221. The molecule has 4 N–H and O–H groups in total. The van der Waals surface area contributed by atoms with E-state index in [4.69, 9.17) is 5.73 Å². The maximum absolute atomic E-state index is 13.1. The molecule has 3 aromatic carbocycles. The number of fused-ring (bicyclic) bond motifs is 1. The summed E-state index contributed by atoms with van der Waals surface area (Å²) in [4.78, 5) is 30.3. The van der Waals surface area contributed by atoms with E-state index < -0.39 is 0 Å². The lowest BCUT2D eigenvalue weighted by Crippen LogP contribution is -2.26. The Labute approximate surface area is 193 Å². The second kappa shape index (κ2) is 10.5. The standard InChI is InChI=1S/C27H28N4O2/c28-23-11-6-7-12-25(23)31(22-9-3-1-4-10-22)26(32)13-5-2-8-17-30-27(33)21-15-14-20-16-18-29-24(20)19-21/h1,3-4,6-7,9-12,14-16,18-19,29H,2,5,8,13,17,28H2,(H,30,33). The highest BCUT2D eigenvalue weighted by Crippen LogP contribution is 2.31. The van der Waals surface area contributed by atoms with E-state index in [-0.39, 0.29) is 11.8 Å². The van der Waals surface area contributed by atoms with Crippen LogP contribution in [-0.2, 0) is 4.79 Å². The molecule has 1 aromatic heterocycles. The Morgan fingerprint density at radius 3 is 2.48 bits per heavy atom. The second-order valence-electron chi connectivity index (χ2n) is 7.97. The van der Waals surface area contributed by atoms with E-state index in [1.807, 2.05) is 79.0 Å². The van der Waals surface area contributed by atoms with Crippen molar-refractivity contribution in [1.29, 1.82) is 0 Å². The molecule has 0 spiro atoms. The van der Waals surface area contributed by atoms with Gasteiger partial charge in [0.2, 0.25) is 5.91 Å². The van der Waals surface area contributed by atoms with Crippen LogP contribution in [0.25, 0.3) is 10.9 Å². The van der Waals surface area contributed by atoms with Gasteiger partial charge in [0.05, 0.1) is 11.4 Å². The van der Waals surface area contributed by atoms with Crippen molar-refractivity contribution in [2.75, 3.05) is 17.2 Å². The lowest BCUT2D eigenvalue weighted by molar-refractivity contribution is -0.118. The number of H-pyrrole nitrogens is 1. The third kappa shape index (κ3) is 5.41. The van der Waals surface area contributed by atoms with Crippen LogP contribution in [0.1, 0.15) is 36.0 Å². The summed E-state index contributed by atoms with van der Waals surface area (Å²) in [5, 5.41) is 4.04. The van der Waals surface area contributed by atoms with Gasteiger partial charge in [0.1, 0.15) is 0 Å². The topological polar surface area (TPSA) is 91.2 Å². The number of carbonyl (C=O) groups excluding carboxylic acids is 2. The smallest absolute Gasteiger partial charge is 0.251 e. The van der Waals surface area contributed by atoms with Crippen LogP contribution in [-0.4, -0.2) is 23.3 Å². The molecule has 4 rings (SSSR count). The first-order valence-electron chi connectivity index (χ1n) is 11.2. The van der Waals surface area contributed by atoms with E-state index in [1.54, 1.807) is 11.0 Å². The lowest BCUT2D eigenvalue weighted by Gasteiger charge is -2.24. The van der Waals surface area contributed by atoms with Crippen molar-refractivity contribution in [3.8, 4) is 0 Å². The van der Waals surface area contributed by atoms with Crippen molar-refractivity contribution < 1.29 is 9.59 Å². The zero-order valence-corrected chi connectivity index (χ0v) is 18.5. The monoisotopic (exact) mass is 440 g/mol. The number of anilines is 3. The molecule has 0 fully saturated rings. The largest absolute Gasteiger partial charge is 0.397 e. The SMILES string of the molecule is Nc1ccccc1N(C(=O)CCCCCNC(=O)c1ccc2cc[nH]c2c1)c1ccccc1. The summed E-state index contributed by atoms with van der Waals surface area (Å²) in [5.74, 6) is -0.0835. The second-order valence-corrected chi connectivity index (χ2v) is 7.97. The molecule has 0 bridgehead atoms. The summed E-state index contributed by atoms with van der Waals surface area (Å²) in [6.45, 7) is 0.573. The van der Waals surface area contributed by atoms with Crippen LogP contribution < -0.4 is 16.0 Å². The zero-order valence-electron chi connectivity index (χ0n) is 18.5. The van der Waals surface area contributed by atoms with Gasteiger partial charge in [-0.1, -0.05) is 42.8 Å². The van der Waals surface area contributed by atoms with E-state index in [9.17, 15) is 9.59 Å². The molecule has 0 aliphatic rings. The van der Waals surface area contributed by atoms with Gasteiger partial charge in [-0.2, -0.15) is 0 Å². The number of nitrogens with two attached hydrogens (primary N) is 1. The number of hydrogen-bond donors (Lipinski definition) is 3. The molecule has 0 saturated carbocycles. The molecule has 0 aliphatic heterocycles. The Morgan fingerprint density at radius 2 is 1.67 bits per heavy atom. The highest BCUT2D eigenvalue weighted by molar-refractivity contribution is 6.03. The Morgan fingerprint density at radius 1 is 0.879 bits per heavy atom. The summed E-state index contributed by atoms with van der Waals surface area (Å²) in [7, 11) is 0. The van der Waals surface area contributed by atoms with Crippen LogP contribution in [0, 0.1) is 0 Å². The molecule has 4 aromatic rings. The molecule has 2 amide bonds. The Balaban J connectivity index is 1.27. The van der Waals surface area contributed by atoms with Crippen molar-refractivity contribution in [3.05, 3.63) is 90.6 Å². The van der Waals surface area contributed by atoms with Crippen LogP contribution >= 0.6 is 0 Å². The van der Waals surface area contributed by atoms with Crippen LogP contribution in [0.3, 0.4) is 0 Å². The van der Waals surface area contributed by atoms with Gasteiger partial charge in [-0.05, 0) is 60.7 Å². The summed E-state index contributed by atoms with van der Waals surface area (Å²) in [6.07, 6.45) is 4.65. The van der Waals surface area contributed by atoms with Crippen LogP contribution in [0.5, 0.6) is 0 Å². The fraction of sp³-hybridized carbons (Fsp3) is 0.185. The summed E-state index contributed by atoms with van der Waals surface area (Å²) < 4.78 is 0. The normalized spacial score (nSPS) is 10.8. The van der Waals surface area contributed by atoms with E-state index in [1.165, 1.54) is 0 Å². The average Bonchev–Trinajstić information content (AvgIpc) is 3.31. The fourth-order valence-corrected chi connectivity index (χ4v) is 3.87. The van der Waals surface area contributed by atoms with Crippen molar-refractivity contribution >= 4 is 39.8 Å². The number of aromatic amines is 1. The van der Waals surface area contributed by atoms with Crippen molar-refractivity contribution in [1.82, 2.24) is 10.3 Å². The van der Waals surface area contributed by atoms with Gasteiger partial charge in [0.25, 0.3) is 5.91 Å². The lowest BCUT2D eigenvalue weighted by atomic mass is 10.1. The first-order chi connectivity index (χ1) is 16.1. The van der Waals surface area contributed by atoms with Gasteiger partial charge in [-0.25, -0.2) is 0 Å². The molecule has 1 heterocycles. The average molecular weight is 441 g/mol. The maximum Gasteiger partial charge on any atom is 0.251 e. The minimum atomic E-state index is -0.0858. The predicted molar refractivity (Wildman–Crippen MR) is 134 cm³/mol. The van der Waals surface area contributed by atoms with Gasteiger partial charge in [0, 0.05) is 35.9 Å². The van der Waals surface area contributed by atoms with E-state index >= 15 is 0 Å². The van der Waals surface area contributed by atoms with E-state index in [2.05, 4.69) is 10.3 Å². The molecule has 0 unspecified atom stereocenters. The van der Waals surface area contributed by atoms with Crippen LogP contribution in [0.2, 0.25) is 0 Å².